The molecule has 0 saturated heterocycles. The first-order valence-electron chi connectivity index (χ1n) is 5.43. The van der Waals surface area contributed by atoms with E-state index in [0.29, 0.717) is 17.9 Å². The summed E-state index contributed by atoms with van der Waals surface area (Å²) in [5, 5.41) is 0. The van der Waals surface area contributed by atoms with Crippen molar-refractivity contribution in [1.82, 2.24) is 10.9 Å². The Morgan fingerprint density at radius 2 is 2.06 bits per heavy atom. The quantitative estimate of drug-likeness (QED) is 0.773. The Labute approximate surface area is 100 Å². The molecule has 5 heteroatoms. The van der Waals surface area contributed by atoms with Crippen LogP contribution < -0.4 is 15.6 Å². The van der Waals surface area contributed by atoms with E-state index in [0.717, 1.165) is 6.42 Å². The Bertz CT molecular complexity index is 404. The zero-order valence-corrected chi connectivity index (χ0v) is 9.95. The van der Waals surface area contributed by atoms with Crippen LogP contribution >= 0.6 is 0 Å². The second kappa shape index (κ2) is 6.52. The fraction of sp³-hybridized carbons (Fsp3) is 0.333. The van der Waals surface area contributed by atoms with Crippen LogP contribution in [-0.2, 0) is 4.79 Å². The summed E-state index contributed by atoms with van der Waals surface area (Å²) in [6.45, 7) is 3.94. The molecule has 1 aromatic carbocycles. The number of ether oxygens (including phenoxy) is 1. The van der Waals surface area contributed by atoms with E-state index in [-0.39, 0.29) is 11.8 Å². The molecule has 0 aromatic heterocycles. The predicted molar refractivity (Wildman–Crippen MR) is 63.5 cm³/mol. The number of amides is 2. The number of rotatable bonds is 4. The molecular formula is C12H16N2O3. The summed E-state index contributed by atoms with van der Waals surface area (Å²) in [6.07, 6.45) is 0.905. The van der Waals surface area contributed by atoms with Crippen LogP contribution in [0, 0.1) is 0 Å². The Hall–Kier alpha value is -2.04. The van der Waals surface area contributed by atoms with Crippen molar-refractivity contribution >= 4 is 11.8 Å². The number of nitrogens with one attached hydrogen (secondary N) is 2. The van der Waals surface area contributed by atoms with Crippen molar-refractivity contribution in [3.05, 3.63) is 29.8 Å². The van der Waals surface area contributed by atoms with E-state index < -0.39 is 0 Å². The van der Waals surface area contributed by atoms with E-state index in [9.17, 15) is 9.59 Å². The van der Waals surface area contributed by atoms with Crippen molar-refractivity contribution in [2.75, 3.05) is 6.61 Å². The number of benzene rings is 1. The second-order valence-corrected chi connectivity index (χ2v) is 3.51. The van der Waals surface area contributed by atoms with E-state index in [2.05, 4.69) is 10.9 Å². The number of carbonyl (C=O) groups is 2. The van der Waals surface area contributed by atoms with Crippen molar-refractivity contribution < 1.29 is 14.3 Å². The van der Waals surface area contributed by atoms with Crippen molar-refractivity contribution in [3.8, 4) is 5.75 Å². The second-order valence-electron chi connectivity index (χ2n) is 3.51. The molecule has 0 aliphatic rings. The Morgan fingerprint density at radius 1 is 1.29 bits per heavy atom. The summed E-state index contributed by atoms with van der Waals surface area (Å²) < 4.78 is 5.40. The lowest BCUT2D eigenvalue weighted by atomic mass is 10.2. The van der Waals surface area contributed by atoms with Crippen LogP contribution in [-0.4, -0.2) is 18.4 Å². The van der Waals surface area contributed by atoms with Gasteiger partial charge in [0.05, 0.1) is 6.61 Å². The molecule has 0 aliphatic heterocycles. The van der Waals surface area contributed by atoms with Gasteiger partial charge in [0.1, 0.15) is 5.75 Å². The molecule has 0 aliphatic carbocycles. The van der Waals surface area contributed by atoms with Gasteiger partial charge in [0, 0.05) is 12.5 Å². The molecule has 2 amide bonds. The van der Waals surface area contributed by atoms with Gasteiger partial charge < -0.3 is 4.74 Å². The molecule has 0 unspecified atom stereocenters. The highest BCUT2D eigenvalue weighted by Gasteiger charge is 2.06. The molecule has 0 radical (unpaired) electrons. The van der Waals surface area contributed by atoms with Crippen LogP contribution in [0.25, 0.3) is 0 Å². The average Bonchev–Trinajstić information content (AvgIpc) is 2.33. The fourth-order valence-electron chi connectivity index (χ4n) is 1.16. The van der Waals surface area contributed by atoms with Crippen molar-refractivity contribution in [1.29, 1.82) is 0 Å². The molecule has 0 bridgehead atoms. The molecule has 17 heavy (non-hydrogen) atoms. The first-order valence-corrected chi connectivity index (χ1v) is 5.43. The lowest BCUT2D eigenvalue weighted by Gasteiger charge is -2.07. The summed E-state index contributed by atoms with van der Waals surface area (Å²) in [5.74, 6) is -0.0544. The highest BCUT2D eigenvalue weighted by Crippen LogP contribution is 2.13. The van der Waals surface area contributed by atoms with Crippen LogP contribution in [0.1, 0.15) is 30.6 Å². The summed E-state index contributed by atoms with van der Waals surface area (Å²) in [4.78, 5) is 22.2. The molecule has 0 saturated carbocycles. The maximum Gasteiger partial charge on any atom is 0.269 e. The van der Waals surface area contributed by atoms with Crippen LogP contribution in [0.5, 0.6) is 5.75 Å². The molecule has 0 atom stereocenters. The average molecular weight is 236 g/mol. The van der Waals surface area contributed by atoms with Gasteiger partial charge in [-0.15, -0.1) is 0 Å². The van der Waals surface area contributed by atoms with Crippen LogP contribution in [0.2, 0.25) is 0 Å². The Kier molecular flexibility index (Phi) is 5.00. The summed E-state index contributed by atoms with van der Waals surface area (Å²) in [7, 11) is 0. The molecule has 2 N–H and O–H groups in total. The Balaban J connectivity index is 2.63. The molecule has 5 nitrogen and oxygen atoms in total. The molecule has 0 heterocycles. The molecule has 0 spiro atoms. The maximum atomic E-state index is 11.6. The van der Waals surface area contributed by atoms with Crippen LogP contribution in [0.4, 0.5) is 0 Å². The highest BCUT2D eigenvalue weighted by atomic mass is 16.5. The van der Waals surface area contributed by atoms with E-state index >= 15 is 0 Å². The van der Waals surface area contributed by atoms with E-state index in [1.54, 1.807) is 24.3 Å². The monoisotopic (exact) mass is 236 g/mol. The standard InChI is InChI=1S/C12H16N2O3/c1-3-7-17-11-6-4-5-10(8-11)12(16)14-13-9(2)15/h4-6,8H,3,7H2,1-2H3,(H,13,15)(H,14,16). The third-order valence-corrected chi connectivity index (χ3v) is 1.92. The molecule has 1 rings (SSSR count). The first-order chi connectivity index (χ1) is 8.13. The van der Waals surface area contributed by atoms with Gasteiger partial charge in [-0.25, -0.2) is 0 Å². The zero-order valence-electron chi connectivity index (χ0n) is 9.95. The number of hydrazine groups is 1. The predicted octanol–water partition coefficient (Wildman–Crippen LogP) is 1.26. The van der Waals surface area contributed by atoms with Gasteiger partial charge in [-0.3, -0.25) is 20.4 Å². The van der Waals surface area contributed by atoms with E-state index in [4.69, 9.17) is 4.74 Å². The van der Waals surface area contributed by atoms with Crippen molar-refractivity contribution in [2.45, 2.75) is 20.3 Å². The molecule has 92 valence electrons. The van der Waals surface area contributed by atoms with Gasteiger partial charge >= 0.3 is 0 Å². The van der Waals surface area contributed by atoms with Gasteiger partial charge in [0.2, 0.25) is 5.91 Å². The van der Waals surface area contributed by atoms with E-state index in [1.165, 1.54) is 6.92 Å². The minimum atomic E-state index is -0.373. The third-order valence-electron chi connectivity index (χ3n) is 1.92. The van der Waals surface area contributed by atoms with Gasteiger partial charge in [0.25, 0.3) is 5.91 Å². The largest absolute Gasteiger partial charge is 0.494 e. The van der Waals surface area contributed by atoms with Crippen molar-refractivity contribution in [3.63, 3.8) is 0 Å². The number of hydrogen-bond donors (Lipinski definition) is 2. The first kappa shape index (κ1) is 13.0. The summed E-state index contributed by atoms with van der Waals surface area (Å²) in [5.41, 5.74) is 4.95. The molecular weight excluding hydrogens is 220 g/mol. The lowest BCUT2D eigenvalue weighted by molar-refractivity contribution is -0.119. The normalized spacial score (nSPS) is 9.53. The van der Waals surface area contributed by atoms with Gasteiger partial charge in [-0.05, 0) is 24.6 Å². The molecule has 0 fully saturated rings. The number of hydrogen-bond acceptors (Lipinski definition) is 3. The van der Waals surface area contributed by atoms with Crippen molar-refractivity contribution in [2.24, 2.45) is 0 Å². The van der Waals surface area contributed by atoms with Gasteiger partial charge in [0.15, 0.2) is 0 Å². The summed E-state index contributed by atoms with van der Waals surface area (Å²) >= 11 is 0. The van der Waals surface area contributed by atoms with Gasteiger partial charge in [-0.2, -0.15) is 0 Å². The smallest absolute Gasteiger partial charge is 0.269 e. The Morgan fingerprint density at radius 3 is 2.71 bits per heavy atom. The fourth-order valence-corrected chi connectivity index (χ4v) is 1.16. The number of carbonyl (C=O) groups excluding carboxylic acids is 2. The van der Waals surface area contributed by atoms with E-state index in [1.807, 2.05) is 6.92 Å². The van der Waals surface area contributed by atoms with Crippen LogP contribution in [0.3, 0.4) is 0 Å². The highest BCUT2D eigenvalue weighted by molar-refractivity contribution is 5.95. The summed E-state index contributed by atoms with van der Waals surface area (Å²) in [6, 6.07) is 6.79. The zero-order chi connectivity index (χ0) is 12.7. The minimum Gasteiger partial charge on any atom is -0.494 e. The minimum absolute atomic E-state index is 0.322. The third kappa shape index (κ3) is 4.55. The van der Waals surface area contributed by atoms with Crippen LogP contribution in [0.15, 0.2) is 24.3 Å². The molecule has 1 aromatic rings. The topological polar surface area (TPSA) is 67.4 Å². The SMILES string of the molecule is CCCOc1cccc(C(=O)NNC(C)=O)c1. The maximum absolute atomic E-state index is 11.6. The lowest BCUT2D eigenvalue weighted by Crippen LogP contribution is -2.40. The van der Waals surface area contributed by atoms with Gasteiger partial charge in [-0.1, -0.05) is 13.0 Å².